The Morgan fingerprint density at radius 2 is 2.57 bits per heavy atom. The van der Waals surface area contributed by atoms with Crippen molar-refractivity contribution in [1.29, 1.82) is 0 Å². The molecule has 0 fully saturated rings. The van der Waals surface area contributed by atoms with Crippen molar-refractivity contribution in [1.82, 2.24) is 15.2 Å². The molecule has 0 saturated carbocycles. The first-order chi connectivity index (χ1) is 6.63. The summed E-state index contributed by atoms with van der Waals surface area (Å²) in [5.41, 5.74) is 8.78. The molecule has 0 bridgehead atoms. The van der Waals surface area contributed by atoms with E-state index in [1.54, 1.807) is 4.68 Å². The summed E-state index contributed by atoms with van der Waals surface area (Å²) in [6.07, 6.45) is 4.17. The number of aryl methyl sites for hydroxylation is 2. The smallest absolute Gasteiger partial charge is 0.332 e. The third-order valence-corrected chi connectivity index (χ3v) is 1.65. The van der Waals surface area contributed by atoms with Gasteiger partial charge < -0.3 is 5.73 Å². The van der Waals surface area contributed by atoms with E-state index in [4.69, 9.17) is 5.73 Å². The number of carbonyl (C=O) groups excluding carboxylic acids is 1. The van der Waals surface area contributed by atoms with Gasteiger partial charge in [0.05, 0.1) is 11.9 Å². The van der Waals surface area contributed by atoms with E-state index in [-0.39, 0.29) is 0 Å². The molecule has 6 nitrogen and oxygen atoms in total. The average molecular weight is 195 g/mol. The van der Waals surface area contributed by atoms with Crippen LogP contribution in [0.2, 0.25) is 0 Å². The van der Waals surface area contributed by atoms with Gasteiger partial charge >= 0.3 is 6.03 Å². The Labute approximate surface area is 81.8 Å². The van der Waals surface area contributed by atoms with Crippen molar-refractivity contribution in [3.05, 3.63) is 17.5 Å². The second kappa shape index (κ2) is 4.40. The first-order valence-corrected chi connectivity index (χ1v) is 4.24. The molecular weight excluding hydrogens is 182 g/mol. The summed E-state index contributed by atoms with van der Waals surface area (Å²) >= 11 is 0. The van der Waals surface area contributed by atoms with E-state index in [9.17, 15) is 4.79 Å². The fraction of sp³-hybridized carbons (Fsp3) is 0.375. The van der Waals surface area contributed by atoms with Gasteiger partial charge in [0.25, 0.3) is 0 Å². The molecule has 0 unspecified atom stereocenters. The van der Waals surface area contributed by atoms with Crippen molar-refractivity contribution in [2.45, 2.75) is 13.3 Å². The molecule has 6 heteroatoms. The summed E-state index contributed by atoms with van der Waals surface area (Å²) < 4.78 is 1.70. The summed E-state index contributed by atoms with van der Waals surface area (Å²) in [7, 11) is 1.83. The predicted molar refractivity (Wildman–Crippen MR) is 52.9 cm³/mol. The number of nitrogens with zero attached hydrogens (tertiary/aromatic N) is 3. The molecule has 0 aromatic carbocycles. The third-order valence-electron chi connectivity index (χ3n) is 1.65. The molecule has 2 amide bonds. The minimum Gasteiger partial charge on any atom is -0.350 e. The van der Waals surface area contributed by atoms with Gasteiger partial charge in [-0.05, 0) is 6.42 Å². The molecule has 0 aliphatic rings. The molecule has 3 N–H and O–H groups in total. The highest BCUT2D eigenvalue weighted by Crippen LogP contribution is 2.03. The van der Waals surface area contributed by atoms with Crippen LogP contribution in [-0.2, 0) is 13.5 Å². The maximum Gasteiger partial charge on any atom is 0.332 e. The number of hydrazone groups is 1. The maximum atomic E-state index is 10.3. The standard InChI is InChI=1S/C8H13N5O/c1-3-7-6(5-13(2)12-7)4-10-11-8(9)14/h4-5H,3H2,1-2H3,(H3,9,11,14)/b10-4+. The van der Waals surface area contributed by atoms with Crippen LogP contribution in [0.3, 0.4) is 0 Å². The van der Waals surface area contributed by atoms with Crippen LogP contribution >= 0.6 is 0 Å². The first kappa shape index (κ1) is 10.2. The molecule has 1 rings (SSSR count). The van der Waals surface area contributed by atoms with Gasteiger partial charge in [-0.15, -0.1) is 0 Å². The first-order valence-electron chi connectivity index (χ1n) is 4.24. The lowest BCUT2D eigenvalue weighted by atomic mass is 10.2. The Hall–Kier alpha value is -1.85. The van der Waals surface area contributed by atoms with Crippen LogP contribution in [0.4, 0.5) is 4.79 Å². The summed E-state index contributed by atoms with van der Waals surface area (Å²) in [5, 5.41) is 7.87. The molecule has 0 aliphatic carbocycles. The van der Waals surface area contributed by atoms with Crippen molar-refractivity contribution in [2.75, 3.05) is 0 Å². The number of aromatic nitrogens is 2. The Bertz CT molecular complexity index is 355. The zero-order chi connectivity index (χ0) is 10.6. The normalized spacial score (nSPS) is 10.7. The highest BCUT2D eigenvalue weighted by atomic mass is 16.2. The number of nitrogens with two attached hydrogens (primary N) is 1. The van der Waals surface area contributed by atoms with Crippen LogP contribution in [0.15, 0.2) is 11.3 Å². The number of amides is 2. The van der Waals surface area contributed by atoms with Crippen LogP contribution in [0.5, 0.6) is 0 Å². The van der Waals surface area contributed by atoms with E-state index < -0.39 is 6.03 Å². The second-order valence-corrected chi connectivity index (χ2v) is 2.79. The van der Waals surface area contributed by atoms with Gasteiger partial charge in [0.2, 0.25) is 0 Å². The molecule has 0 atom stereocenters. The van der Waals surface area contributed by atoms with Crippen molar-refractivity contribution in [2.24, 2.45) is 17.9 Å². The number of hydrogen-bond acceptors (Lipinski definition) is 3. The fourth-order valence-electron chi connectivity index (χ4n) is 1.10. The highest BCUT2D eigenvalue weighted by molar-refractivity contribution is 5.82. The van der Waals surface area contributed by atoms with Crippen molar-refractivity contribution in [3.8, 4) is 0 Å². The molecule has 0 saturated heterocycles. The number of urea groups is 1. The molecule has 0 aliphatic heterocycles. The quantitative estimate of drug-likeness (QED) is 0.525. The number of nitrogens with one attached hydrogen (secondary N) is 1. The number of rotatable bonds is 3. The number of hydrogen-bond donors (Lipinski definition) is 2. The van der Waals surface area contributed by atoms with Gasteiger partial charge in [-0.25, -0.2) is 10.2 Å². The van der Waals surface area contributed by atoms with Crippen LogP contribution in [0, 0.1) is 0 Å². The summed E-state index contributed by atoms with van der Waals surface area (Å²) in [6, 6.07) is -0.678. The zero-order valence-corrected chi connectivity index (χ0v) is 8.19. The molecule has 1 aromatic rings. The van der Waals surface area contributed by atoms with Gasteiger partial charge in [-0.2, -0.15) is 10.2 Å². The Morgan fingerprint density at radius 1 is 1.86 bits per heavy atom. The third kappa shape index (κ3) is 2.58. The lowest BCUT2D eigenvalue weighted by molar-refractivity contribution is 0.249. The summed E-state index contributed by atoms with van der Waals surface area (Å²) in [6.45, 7) is 2.00. The van der Waals surface area contributed by atoms with Crippen molar-refractivity contribution in [3.63, 3.8) is 0 Å². The molecule has 0 radical (unpaired) electrons. The minimum atomic E-state index is -0.678. The van der Waals surface area contributed by atoms with Crippen molar-refractivity contribution < 1.29 is 4.79 Å². The van der Waals surface area contributed by atoms with Gasteiger partial charge in [0.15, 0.2) is 0 Å². The number of carbonyl (C=O) groups is 1. The van der Waals surface area contributed by atoms with Crippen LogP contribution < -0.4 is 11.2 Å². The van der Waals surface area contributed by atoms with Crippen LogP contribution in [0.1, 0.15) is 18.2 Å². The van der Waals surface area contributed by atoms with Gasteiger partial charge in [0, 0.05) is 18.8 Å². The Balaban J connectivity index is 2.74. The molecule has 14 heavy (non-hydrogen) atoms. The Kier molecular flexibility index (Phi) is 3.22. The zero-order valence-electron chi connectivity index (χ0n) is 8.19. The van der Waals surface area contributed by atoms with Gasteiger partial charge in [0.1, 0.15) is 0 Å². The highest BCUT2D eigenvalue weighted by Gasteiger charge is 2.02. The van der Waals surface area contributed by atoms with Gasteiger partial charge in [-0.3, -0.25) is 4.68 Å². The molecule has 0 spiro atoms. The monoisotopic (exact) mass is 195 g/mol. The molecule has 1 aromatic heterocycles. The minimum absolute atomic E-state index is 0.678. The lowest BCUT2D eigenvalue weighted by Gasteiger charge is -1.91. The van der Waals surface area contributed by atoms with Crippen LogP contribution in [-0.4, -0.2) is 22.0 Å². The Morgan fingerprint density at radius 3 is 3.14 bits per heavy atom. The van der Waals surface area contributed by atoms with E-state index in [0.29, 0.717) is 0 Å². The summed E-state index contributed by atoms with van der Waals surface area (Å²) in [4.78, 5) is 10.3. The van der Waals surface area contributed by atoms with Gasteiger partial charge in [-0.1, -0.05) is 6.92 Å². The van der Waals surface area contributed by atoms with E-state index in [0.717, 1.165) is 17.7 Å². The topological polar surface area (TPSA) is 85.3 Å². The van der Waals surface area contributed by atoms with E-state index in [1.165, 1.54) is 6.21 Å². The van der Waals surface area contributed by atoms with Crippen molar-refractivity contribution >= 4 is 12.2 Å². The fourth-order valence-corrected chi connectivity index (χ4v) is 1.10. The SMILES string of the molecule is CCc1nn(C)cc1/C=N/NC(N)=O. The maximum absolute atomic E-state index is 10.3. The number of primary amides is 1. The molecular formula is C8H13N5O. The van der Waals surface area contributed by atoms with E-state index in [1.807, 2.05) is 20.2 Å². The lowest BCUT2D eigenvalue weighted by Crippen LogP contribution is -2.24. The largest absolute Gasteiger partial charge is 0.350 e. The predicted octanol–water partition coefficient (Wildman–Crippen LogP) is -0.0153. The molecule has 1 heterocycles. The molecule has 76 valence electrons. The average Bonchev–Trinajstić information content (AvgIpc) is 2.45. The second-order valence-electron chi connectivity index (χ2n) is 2.79. The summed E-state index contributed by atoms with van der Waals surface area (Å²) in [5.74, 6) is 0. The van der Waals surface area contributed by atoms with E-state index >= 15 is 0 Å². The van der Waals surface area contributed by atoms with E-state index in [2.05, 4.69) is 15.6 Å². The van der Waals surface area contributed by atoms with Crippen LogP contribution in [0.25, 0.3) is 0 Å².